The Morgan fingerprint density at radius 3 is 2.05 bits per heavy atom. The lowest BCUT2D eigenvalue weighted by Crippen LogP contribution is -2.53. The Morgan fingerprint density at radius 2 is 1.60 bits per heavy atom. The molecule has 1 amide bonds. The molecular weight excluding hydrogens is 258 g/mol. The highest BCUT2D eigenvalue weighted by molar-refractivity contribution is 5.68. The first kappa shape index (κ1) is 15.6. The lowest BCUT2D eigenvalue weighted by atomic mass is 9.79. The van der Waals surface area contributed by atoms with Gasteiger partial charge in [0, 0.05) is 25.4 Å². The van der Waals surface area contributed by atoms with Crippen LogP contribution in [0.2, 0.25) is 0 Å². The molecule has 1 aliphatic heterocycles. The summed E-state index contributed by atoms with van der Waals surface area (Å²) in [4.78, 5) is 14.0. The molecule has 0 aromatic rings. The monoisotopic (exact) mass is 285 g/mol. The van der Waals surface area contributed by atoms with Gasteiger partial charge >= 0.3 is 6.09 Å². The number of carbonyl (C=O) groups is 1. The van der Waals surface area contributed by atoms with Gasteiger partial charge < -0.3 is 19.1 Å². The summed E-state index contributed by atoms with van der Waals surface area (Å²) in [6, 6.07) is 0. The van der Waals surface area contributed by atoms with E-state index in [1.807, 2.05) is 27.8 Å². The van der Waals surface area contributed by atoms with Crippen LogP contribution in [-0.4, -0.2) is 48.2 Å². The smallest absolute Gasteiger partial charge is 0.410 e. The predicted octanol–water partition coefficient (Wildman–Crippen LogP) is 2.93. The third-order valence-electron chi connectivity index (χ3n) is 4.38. The van der Waals surface area contributed by atoms with E-state index in [0.29, 0.717) is 13.2 Å². The van der Waals surface area contributed by atoms with E-state index in [1.165, 1.54) is 0 Å². The van der Waals surface area contributed by atoms with Gasteiger partial charge in [0.15, 0.2) is 5.79 Å². The molecule has 1 saturated heterocycles. The second-order valence-electron chi connectivity index (χ2n) is 7.14. The standard InChI is InChI=1S/C15H27NO4/c1-13(2,3)20-12(17)16(5)14(4)6-8-15(9-7-14)18-10-11-19-15/h6-11H2,1-5H3. The molecule has 0 atom stereocenters. The number of nitrogens with zero attached hydrogens (tertiary/aromatic N) is 1. The Balaban J connectivity index is 1.96. The predicted molar refractivity (Wildman–Crippen MR) is 75.5 cm³/mol. The van der Waals surface area contributed by atoms with Gasteiger partial charge in [0.1, 0.15) is 5.60 Å². The van der Waals surface area contributed by atoms with E-state index in [2.05, 4.69) is 6.92 Å². The number of ether oxygens (including phenoxy) is 3. The van der Waals surface area contributed by atoms with Crippen molar-refractivity contribution in [1.29, 1.82) is 0 Å². The average Bonchev–Trinajstić information content (AvgIpc) is 2.79. The van der Waals surface area contributed by atoms with Crippen molar-refractivity contribution in [2.45, 2.75) is 70.3 Å². The van der Waals surface area contributed by atoms with Crippen LogP contribution >= 0.6 is 0 Å². The largest absolute Gasteiger partial charge is 0.444 e. The first-order chi connectivity index (χ1) is 9.16. The fourth-order valence-corrected chi connectivity index (χ4v) is 2.84. The van der Waals surface area contributed by atoms with E-state index >= 15 is 0 Å². The highest BCUT2D eigenvalue weighted by Gasteiger charge is 2.47. The first-order valence-electron chi connectivity index (χ1n) is 7.41. The second kappa shape index (κ2) is 5.19. The summed E-state index contributed by atoms with van der Waals surface area (Å²) in [6.07, 6.45) is 3.13. The van der Waals surface area contributed by atoms with E-state index in [-0.39, 0.29) is 11.6 Å². The summed E-state index contributed by atoms with van der Waals surface area (Å²) in [5.74, 6) is -0.395. The highest BCUT2D eigenvalue weighted by atomic mass is 16.7. The van der Waals surface area contributed by atoms with Crippen molar-refractivity contribution in [1.82, 2.24) is 4.90 Å². The van der Waals surface area contributed by atoms with Crippen LogP contribution in [0.15, 0.2) is 0 Å². The summed E-state index contributed by atoms with van der Waals surface area (Å²) >= 11 is 0. The minimum atomic E-state index is -0.463. The van der Waals surface area contributed by atoms with Crippen LogP contribution in [0.3, 0.4) is 0 Å². The molecule has 0 bridgehead atoms. The molecule has 2 fully saturated rings. The molecule has 116 valence electrons. The van der Waals surface area contributed by atoms with E-state index in [0.717, 1.165) is 25.7 Å². The van der Waals surface area contributed by atoms with Gasteiger partial charge in [-0.05, 0) is 40.5 Å². The Kier molecular flexibility index (Phi) is 4.04. The third kappa shape index (κ3) is 3.26. The molecule has 5 nitrogen and oxygen atoms in total. The summed E-state index contributed by atoms with van der Waals surface area (Å²) in [5.41, 5.74) is -0.655. The Labute approximate surface area is 121 Å². The molecule has 1 heterocycles. The summed E-state index contributed by atoms with van der Waals surface area (Å²) in [5, 5.41) is 0. The van der Waals surface area contributed by atoms with Crippen molar-refractivity contribution in [3.05, 3.63) is 0 Å². The van der Waals surface area contributed by atoms with Crippen LogP contribution in [0.4, 0.5) is 4.79 Å². The quantitative estimate of drug-likeness (QED) is 0.743. The lowest BCUT2D eigenvalue weighted by Gasteiger charge is -2.46. The molecule has 0 radical (unpaired) electrons. The van der Waals surface area contributed by atoms with Crippen LogP contribution in [0.1, 0.15) is 53.4 Å². The topological polar surface area (TPSA) is 48.0 Å². The average molecular weight is 285 g/mol. The molecule has 0 aromatic heterocycles. The molecule has 20 heavy (non-hydrogen) atoms. The van der Waals surface area contributed by atoms with Crippen molar-refractivity contribution in [2.24, 2.45) is 0 Å². The number of carbonyl (C=O) groups excluding carboxylic acids is 1. The maximum Gasteiger partial charge on any atom is 0.410 e. The van der Waals surface area contributed by atoms with Crippen molar-refractivity contribution in [3.63, 3.8) is 0 Å². The Morgan fingerprint density at radius 1 is 1.10 bits per heavy atom. The molecule has 0 aromatic carbocycles. The fraction of sp³-hybridized carbons (Fsp3) is 0.933. The van der Waals surface area contributed by atoms with Gasteiger partial charge in [-0.3, -0.25) is 0 Å². The molecule has 0 N–H and O–H groups in total. The molecule has 1 aliphatic carbocycles. The SMILES string of the molecule is CN(C(=O)OC(C)(C)C)C1(C)CCC2(CC1)OCCO2. The van der Waals surface area contributed by atoms with Crippen molar-refractivity contribution in [2.75, 3.05) is 20.3 Å². The van der Waals surface area contributed by atoms with Crippen LogP contribution in [-0.2, 0) is 14.2 Å². The fourth-order valence-electron chi connectivity index (χ4n) is 2.84. The third-order valence-corrected chi connectivity index (χ3v) is 4.38. The molecule has 0 unspecified atom stereocenters. The van der Waals surface area contributed by atoms with Gasteiger partial charge in [-0.15, -0.1) is 0 Å². The van der Waals surface area contributed by atoms with E-state index in [4.69, 9.17) is 14.2 Å². The van der Waals surface area contributed by atoms with Crippen molar-refractivity contribution >= 4 is 6.09 Å². The van der Waals surface area contributed by atoms with Crippen LogP contribution in [0.5, 0.6) is 0 Å². The maximum absolute atomic E-state index is 12.2. The van der Waals surface area contributed by atoms with Gasteiger partial charge in [0.05, 0.1) is 13.2 Å². The minimum Gasteiger partial charge on any atom is -0.444 e. The second-order valence-corrected chi connectivity index (χ2v) is 7.14. The van der Waals surface area contributed by atoms with E-state index in [1.54, 1.807) is 4.90 Å². The van der Waals surface area contributed by atoms with Gasteiger partial charge in [0.2, 0.25) is 0 Å². The summed E-state index contributed by atoms with van der Waals surface area (Å²) in [6.45, 7) is 9.13. The number of hydrogen-bond donors (Lipinski definition) is 0. The number of hydrogen-bond acceptors (Lipinski definition) is 4. The van der Waals surface area contributed by atoms with Crippen LogP contribution in [0.25, 0.3) is 0 Å². The first-order valence-corrected chi connectivity index (χ1v) is 7.41. The summed E-state index contributed by atoms with van der Waals surface area (Å²) < 4.78 is 16.9. The number of rotatable bonds is 1. The van der Waals surface area contributed by atoms with Crippen molar-refractivity contribution < 1.29 is 19.0 Å². The highest BCUT2D eigenvalue weighted by Crippen LogP contribution is 2.42. The zero-order chi connectivity index (χ0) is 15.0. The van der Waals surface area contributed by atoms with Gasteiger partial charge in [-0.2, -0.15) is 0 Å². The van der Waals surface area contributed by atoms with Crippen LogP contribution in [0, 0.1) is 0 Å². The van der Waals surface area contributed by atoms with E-state index < -0.39 is 11.4 Å². The van der Waals surface area contributed by atoms with Crippen LogP contribution < -0.4 is 0 Å². The molecule has 1 spiro atoms. The molecule has 5 heteroatoms. The van der Waals surface area contributed by atoms with Gasteiger partial charge in [-0.1, -0.05) is 0 Å². The lowest BCUT2D eigenvalue weighted by molar-refractivity contribution is -0.190. The van der Waals surface area contributed by atoms with E-state index in [9.17, 15) is 4.79 Å². The maximum atomic E-state index is 12.2. The molecular formula is C15H27NO4. The zero-order valence-corrected chi connectivity index (χ0v) is 13.3. The Hall–Kier alpha value is -0.810. The minimum absolute atomic E-state index is 0.192. The van der Waals surface area contributed by atoms with Gasteiger partial charge in [0.25, 0.3) is 0 Å². The molecule has 2 aliphatic rings. The zero-order valence-electron chi connectivity index (χ0n) is 13.3. The molecule has 1 saturated carbocycles. The Bertz CT molecular complexity index is 359. The summed E-state index contributed by atoms with van der Waals surface area (Å²) in [7, 11) is 1.82. The molecule has 2 rings (SSSR count). The number of amides is 1. The van der Waals surface area contributed by atoms with Gasteiger partial charge in [-0.25, -0.2) is 4.79 Å². The van der Waals surface area contributed by atoms with Crippen molar-refractivity contribution in [3.8, 4) is 0 Å². The normalized spacial score (nSPS) is 24.6.